The predicted octanol–water partition coefficient (Wildman–Crippen LogP) is 2.78. The van der Waals surface area contributed by atoms with E-state index in [0.717, 1.165) is 11.1 Å². The molecular weight excluding hydrogens is 380 g/mol. The van der Waals surface area contributed by atoms with Crippen LogP contribution in [-0.4, -0.2) is 43.0 Å². The summed E-state index contributed by atoms with van der Waals surface area (Å²) >= 11 is 0. The molecule has 1 unspecified atom stereocenters. The van der Waals surface area contributed by atoms with E-state index in [2.05, 4.69) is 5.92 Å². The molecule has 1 saturated heterocycles. The van der Waals surface area contributed by atoms with E-state index in [-0.39, 0.29) is 24.8 Å². The minimum absolute atomic E-state index is 0.0824. The summed E-state index contributed by atoms with van der Waals surface area (Å²) in [6, 6.07) is 13.4. The molecule has 30 heavy (non-hydrogen) atoms. The Morgan fingerprint density at radius 2 is 1.90 bits per heavy atom. The zero-order valence-electron chi connectivity index (χ0n) is 17.0. The Labute approximate surface area is 176 Å². The molecule has 0 spiro atoms. The Kier molecular flexibility index (Phi) is 5.62. The Balaban J connectivity index is 1.48. The highest BCUT2D eigenvalue weighted by molar-refractivity contribution is 6.00. The third kappa shape index (κ3) is 4.11. The number of terminal acetylenes is 1. The quantitative estimate of drug-likeness (QED) is 0.719. The Morgan fingerprint density at radius 1 is 1.17 bits per heavy atom. The van der Waals surface area contributed by atoms with Crippen LogP contribution >= 0.6 is 0 Å². The number of rotatable bonds is 5. The first kappa shape index (κ1) is 19.8. The van der Waals surface area contributed by atoms with Crippen LogP contribution in [-0.2, 0) is 16.1 Å². The van der Waals surface area contributed by atoms with Crippen LogP contribution in [0.1, 0.15) is 17.5 Å². The van der Waals surface area contributed by atoms with E-state index in [4.69, 9.17) is 15.9 Å². The lowest BCUT2D eigenvalue weighted by Gasteiger charge is -2.24. The van der Waals surface area contributed by atoms with E-state index in [1.54, 1.807) is 21.9 Å². The van der Waals surface area contributed by atoms with Gasteiger partial charge in [0.05, 0.1) is 12.5 Å². The van der Waals surface area contributed by atoms with Crippen LogP contribution in [0.2, 0.25) is 0 Å². The molecule has 1 atom stereocenters. The summed E-state index contributed by atoms with van der Waals surface area (Å²) in [7, 11) is 0. The van der Waals surface area contributed by atoms with Gasteiger partial charge in [0.15, 0.2) is 11.5 Å². The molecule has 154 valence electrons. The lowest BCUT2D eigenvalue weighted by atomic mass is 10.1. The molecule has 2 aromatic rings. The van der Waals surface area contributed by atoms with Crippen molar-refractivity contribution < 1.29 is 19.1 Å². The Morgan fingerprint density at radius 3 is 2.63 bits per heavy atom. The molecule has 4 rings (SSSR count). The van der Waals surface area contributed by atoms with Gasteiger partial charge in [-0.2, -0.15) is 0 Å². The Hall–Kier alpha value is -3.46. The minimum Gasteiger partial charge on any atom is -0.486 e. The van der Waals surface area contributed by atoms with Crippen LogP contribution in [0.15, 0.2) is 42.5 Å². The number of benzene rings is 2. The molecule has 2 aliphatic heterocycles. The second-order valence-corrected chi connectivity index (χ2v) is 7.62. The molecule has 1 fully saturated rings. The standard InChI is InChI=1S/C24H24N2O4/c1-3-10-25(15-18-6-4-17(2)5-7-18)24(28)19-13-23(27)26(16-19)20-8-9-21-22(14-20)30-12-11-29-21/h1,4-9,14,19H,10-13,15-16H2,2H3. The number of fused-ring (bicyclic) bond motifs is 1. The van der Waals surface area contributed by atoms with Gasteiger partial charge >= 0.3 is 0 Å². The highest BCUT2D eigenvalue weighted by Crippen LogP contribution is 2.36. The zero-order valence-corrected chi connectivity index (χ0v) is 17.0. The monoisotopic (exact) mass is 404 g/mol. The lowest BCUT2D eigenvalue weighted by molar-refractivity contribution is -0.135. The maximum absolute atomic E-state index is 13.2. The molecule has 6 nitrogen and oxygen atoms in total. The smallest absolute Gasteiger partial charge is 0.229 e. The molecule has 0 aromatic heterocycles. The van der Waals surface area contributed by atoms with E-state index >= 15 is 0 Å². The molecular formula is C24H24N2O4. The van der Waals surface area contributed by atoms with Crippen molar-refractivity contribution in [2.24, 2.45) is 5.92 Å². The summed E-state index contributed by atoms with van der Waals surface area (Å²) in [4.78, 5) is 29.1. The van der Waals surface area contributed by atoms with Crippen LogP contribution in [0.4, 0.5) is 5.69 Å². The van der Waals surface area contributed by atoms with Gasteiger partial charge in [0.1, 0.15) is 13.2 Å². The molecule has 2 heterocycles. The first-order valence-electron chi connectivity index (χ1n) is 10.0. The lowest BCUT2D eigenvalue weighted by Crippen LogP contribution is -2.37. The van der Waals surface area contributed by atoms with Crippen molar-refractivity contribution in [3.63, 3.8) is 0 Å². The van der Waals surface area contributed by atoms with Crippen LogP contribution in [0, 0.1) is 25.2 Å². The van der Waals surface area contributed by atoms with Crippen LogP contribution in [0.25, 0.3) is 0 Å². The number of amides is 2. The SMILES string of the molecule is C#CCN(Cc1ccc(C)cc1)C(=O)C1CC(=O)N(c2ccc3c(c2)OCCO3)C1. The summed E-state index contributed by atoms with van der Waals surface area (Å²) < 4.78 is 11.2. The molecule has 0 bridgehead atoms. The number of hydrogen-bond acceptors (Lipinski definition) is 4. The maximum atomic E-state index is 13.2. The predicted molar refractivity (Wildman–Crippen MR) is 113 cm³/mol. The van der Waals surface area contributed by atoms with Gasteiger partial charge in [-0.1, -0.05) is 35.7 Å². The van der Waals surface area contributed by atoms with Gasteiger partial charge in [-0.25, -0.2) is 0 Å². The fourth-order valence-electron chi connectivity index (χ4n) is 3.82. The summed E-state index contributed by atoms with van der Waals surface area (Å²) in [6.45, 7) is 3.97. The van der Waals surface area contributed by atoms with E-state index in [0.29, 0.717) is 43.5 Å². The molecule has 2 aromatic carbocycles. The Bertz CT molecular complexity index is 993. The maximum Gasteiger partial charge on any atom is 0.229 e. The average molecular weight is 404 g/mol. The molecule has 0 saturated carbocycles. The third-order valence-electron chi connectivity index (χ3n) is 5.40. The first-order chi connectivity index (χ1) is 14.5. The number of ether oxygens (including phenoxy) is 2. The third-order valence-corrected chi connectivity index (χ3v) is 5.40. The highest BCUT2D eigenvalue weighted by Gasteiger charge is 2.37. The van der Waals surface area contributed by atoms with Crippen molar-refractivity contribution >= 4 is 17.5 Å². The summed E-state index contributed by atoms with van der Waals surface area (Å²) in [5.41, 5.74) is 2.88. The number of carbonyl (C=O) groups is 2. The first-order valence-corrected chi connectivity index (χ1v) is 10.0. The van der Waals surface area contributed by atoms with Gasteiger partial charge in [-0.15, -0.1) is 6.42 Å². The number of carbonyl (C=O) groups excluding carboxylic acids is 2. The van der Waals surface area contributed by atoms with Gasteiger partial charge < -0.3 is 19.3 Å². The van der Waals surface area contributed by atoms with E-state index in [1.807, 2.05) is 37.3 Å². The molecule has 0 aliphatic carbocycles. The largest absolute Gasteiger partial charge is 0.486 e. The van der Waals surface area contributed by atoms with Crippen molar-refractivity contribution in [2.45, 2.75) is 19.9 Å². The fourth-order valence-corrected chi connectivity index (χ4v) is 3.82. The minimum atomic E-state index is -0.426. The van der Waals surface area contributed by atoms with Crippen LogP contribution in [0.3, 0.4) is 0 Å². The van der Waals surface area contributed by atoms with E-state index < -0.39 is 5.92 Å². The van der Waals surface area contributed by atoms with Gasteiger partial charge in [-0.05, 0) is 24.6 Å². The molecule has 0 radical (unpaired) electrons. The van der Waals surface area contributed by atoms with Crippen LogP contribution in [0.5, 0.6) is 11.5 Å². The zero-order chi connectivity index (χ0) is 21.1. The van der Waals surface area contributed by atoms with Crippen molar-refractivity contribution in [3.05, 3.63) is 53.6 Å². The normalized spacial score (nSPS) is 17.5. The molecule has 2 aliphatic rings. The summed E-state index contributed by atoms with van der Waals surface area (Å²) in [6.07, 6.45) is 5.68. The molecule has 6 heteroatoms. The van der Waals surface area contributed by atoms with Crippen molar-refractivity contribution in [1.82, 2.24) is 4.90 Å². The fraction of sp³-hybridized carbons (Fsp3) is 0.333. The van der Waals surface area contributed by atoms with Gasteiger partial charge in [-0.3, -0.25) is 9.59 Å². The summed E-state index contributed by atoms with van der Waals surface area (Å²) in [5, 5.41) is 0. The van der Waals surface area contributed by atoms with Crippen molar-refractivity contribution in [3.8, 4) is 23.8 Å². The van der Waals surface area contributed by atoms with Crippen molar-refractivity contribution in [2.75, 3.05) is 31.2 Å². The second-order valence-electron chi connectivity index (χ2n) is 7.62. The number of nitrogens with zero attached hydrogens (tertiary/aromatic N) is 2. The summed E-state index contributed by atoms with van der Waals surface area (Å²) in [5.74, 6) is 3.25. The van der Waals surface area contributed by atoms with Gasteiger partial charge in [0.25, 0.3) is 0 Å². The topological polar surface area (TPSA) is 59.1 Å². The van der Waals surface area contributed by atoms with E-state index in [9.17, 15) is 9.59 Å². The van der Waals surface area contributed by atoms with Crippen LogP contribution < -0.4 is 14.4 Å². The van der Waals surface area contributed by atoms with E-state index in [1.165, 1.54) is 0 Å². The highest BCUT2D eigenvalue weighted by atomic mass is 16.6. The van der Waals surface area contributed by atoms with Gasteiger partial charge in [0, 0.05) is 31.3 Å². The number of hydrogen-bond donors (Lipinski definition) is 0. The molecule has 0 N–H and O–H groups in total. The molecule has 2 amide bonds. The number of aryl methyl sites for hydroxylation is 1. The number of anilines is 1. The second kappa shape index (κ2) is 8.50. The van der Waals surface area contributed by atoms with Gasteiger partial charge in [0.2, 0.25) is 11.8 Å². The average Bonchev–Trinajstić information content (AvgIpc) is 3.15. The van der Waals surface area contributed by atoms with Crippen molar-refractivity contribution in [1.29, 1.82) is 0 Å².